The topological polar surface area (TPSA) is 70.7 Å². The number of ether oxygens (including phenoxy) is 1. The molecule has 0 saturated carbocycles. The third kappa shape index (κ3) is 5.21. The van der Waals surface area contributed by atoms with Gasteiger partial charge in [0, 0.05) is 18.8 Å². The molecule has 2 rings (SSSR count). The summed E-state index contributed by atoms with van der Waals surface area (Å²) in [7, 11) is -2.05. The van der Waals surface area contributed by atoms with Crippen LogP contribution in [-0.2, 0) is 16.4 Å². The molecule has 0 saturated heterocycles. The Labute approximate surface area is 173 Å². The van der Waals surface area contributed by atoms with Gasteiger partial charge in [0.25, 0.3) is 0 Å². The Balaban J connectivity index is 2.27. The smallest absolute Gasteiger partial charge is 0.243 e. The van der Waals surface area contributed by atoms with Gasteiger partial charge in [-0.1, -0.05) is 32.9 Å². The predicted octanol–water partition coefficient (Wildman–Crippen LogP) is 4.10. The van der Waals surface area contributed by atoms with Crippen molar-refractivity contribution in [2.45, 2.75) is 32.1 Å². The summed E-state index contributed by atoms with van der Waals surface area (Å²) in [6.45, 7) is 6.52. The monoisotopic (exact) mass is 421 g/mol. The zero-order chi connectivity index (χ0) is 20.7. The van der Waals surface area contributed by atoms with Crippen molar-refractivity contribution in [3.8, 4) is 5.75 Å². The minimum absolute atomic E-state index is 0.190. The fourth-order valence-electron chi connectivity index (χ4n) is 2.81. The molecular formula is C20H27N3O3S2. The molecule has 2 aromatic carbocycles. The molecule has 0 aliphatic carbocycles. The highest BCUT2D eigenvalue weighted by molar-refractivity contribution is 7.89. The van der Waals surface area contributed by atoms with E-state index in [1.807, 2.05) is 38.1 Å². The van der Waals surface area contributed by atoms with Crippen LogP contribution in [0.3, 0.4) is 0 Å². The molecule has 2 N–H and O–H groups in total. The van der Waals surface area contributed by atoms with E-state index in [0.29, 0.717) is 29.6 Å². The lowest BCUT2D eigenvalue weighted by atomic mass is 10.1. The average Bonchev–Trinajstić information content (AvgIpc) is 2.68. The zero-order valence-electron chi connectivity index (χ0n) is 16.7. The van der Waals surface area contributed by atoms with Crippen LogP contribution in [0.4, 0.5) is 11.4 Å². The molecule has 0 radical (unpaired) electrons. The summed E-state index contributed by atoms with van der Waals surface area (Å²) >= 11 is 5.40. The van der Waals surface area contributed by atoms with Gasteiger partial charge >= 0.3 is 0 Å². The molecule has 0 aliphatic heterocycles. The standard InChI is InChI=1S/C20H27N3O3S2/c1-5-15-9-8-10-16(13-15)21-20(27)22-18-14-17(11-12-19(18)26-4)28(24,25)23(6-2)7-3/h8-14H,5-7H2,1-4H3,(H2,21,22,27). The van der Waals surface area contributed by atoms with Gasteiger partial charge in [0.05, 0.1) is 17.7 Å². The van der Waals surface area contributed by atoms with Gasteiger partial charge in [-0.3, -0.25) is 0 Å². The van der Waals surface area contributed by atoms with Crippen LogP contribution >= 0.6 is 12.2 Å². The van der Waals surface area contributed by atoms with Crippen molar-refractivity contribution in [1.29, 1.82) is 0 Å². The number of nitrogens with one attached hydrogen (secondary N) is 2. The third-order valence-corrected chi connectivity index (χ3v) is 6.61. The average molecular weight is 422 g/mol. The number of thiocarbonyl (C=S) groups is 1. The van der Waals surface area contributed by atoms with Gasteiger partial charge in [-0.15, -0.1) is 0 Å². The third-order valence-electron chi connectivity index (χ3n) is 4.36. The van der Waals surface area contributed by atoms with Gasteiger partial charge in [0.1, 0.15) is 5.75 Å². The first-order chi connectivity index (χ1) is 13.3. The number of methoxy groups -OCH3 is 1. The Morgan fingerprint density at radius 2 is 1.79 bits per heavy atom. The summed E-state index contributed by atoms with van der Waals surface area (Å²) in [5.41, 5.74) is 2.54. The predicted molar refractivity (Wildman–Crippen MR) is 119 cm³/mol. The second kappa shape index (κ2) is 9.86. The summed E-state index contributed by atoms with van der Waals surface area (Å²) < 4.78 is 32.4. The second-order valence-corrected chi connectivity index (χ2v) is 8.43. The minimum Gasteiger partial charge on any atom is -0.495 e. The maximum Gasteiger partial charge on any atom is 0.243 e. The lowest BCUT2D eigenvalue weighted by Crippen LogP contribution is -2.30. The number of aryl methyl sites for hydroxylation is 1. The van der Waals surface area contributed by atoms with Crippen molar-refractivity contribution in [3.63, 3.8) is 0 Å². The normalized spacial score (nSPS) is 11.3. The Kier molecular flexibility index (Phi) is 7.79. The summed E-state index contributed by atoms with van der Waals surface area (Å²) in [4.78, 5) is 0.190. The fourth-order valence-corrected chi connectivity index (χ4v) is 4.52. The van der Waals surface area contributed by atoms with Gasteiger partial charge in [0.15, 0.2) is 5.11 Å². The van der Waals surface area contributed by atoms with E-state index in [1.165, 1.54) is 17.0 Å². The molecule has 8 heteroatoms. The first-order valence-electron chi connectivity index (χ1n) is 9.20. The largest absolute Gasteiger partial charge is 0.495 e. The highest BCUT2D eigenvalue weighted by Gasteiger charge is 2.23. The van der Waals surface area contributed by atoms with Crippen molar-refractivity contribution in [1.82, 2.24) is 4.31 Å². The van der Waals surface area contributed by atoms with Gasteiger partial charge in [-0.05, 0) is 54.5 Å². The number of rotatable bonds is 8. The molecule has 0 amide bonds. The van der Waals surface area contributed by atoms with Crippen LogP contribution in [0, 0.1) is 0 Å². The van der Waals surface area contributed by atoms with Gasteiger partial charge in [-0.25, -0.2) is 8.42 Å². The van der Waals surface area contributed by atoms with Gasteiger partial charge in [-0.2, -0.15) is 4.31 Å². The molecule has 28 heavy (non-hydrogen) atoms. The lowest BCUT2D eigenvalue weighted by molar-refractivity contribution is 0.416. The maximum absolute atomic E-state index is 12.8. The van der Waals surface area contributed by atoms with E-state index in [1.54, 1.807) is 18.2 Å². The number of sulfonamides is 1. The maximum atomic E-state index is 12.8. The fraction of sp³-hybridized carbons (Fsp3) is 0.350. The molecule has 0 spiro atoms. The first kappa shape index (κ1) is 22.1. The molecule has 0 bridgehead atoms. The molecule has 0 atom stereocenters. The quantitative estimate of drug-likeness (QED) is 0.626. The lowest BCUT2D eigenvalue weighted by Gasteiger charge is -2.20. The van der Waals surface area contributed by atoms with Crippen LogP contribution in [0.5, 0.6) is 5.75 Å². The van der Waals surface area contributed by atoms with Crippen molar-refractivity contribution in [2.24, 2.45) is 0 Å². The van der Waals surface area contributed by atoms with E-state index in [9.17, 15) is 8.42 Å². The van der Waals surface area contributed by atoms with Gasteiger partial charge < -0.3 is 15.4 Å². The van der Waals surface area contributed by atoms with E-state index in [0.717, 1.165) is 12.1 Å². The minimum atomic E-state index is -3.58. The highest BCUT2D eigenvalue weighted by atomic mass is 32.2. The first-order valence-corrected chi connectivity index (χ1v) is 11.1. The zero-order valence-corrected chi connectivity index (χ0v) is 18.3. The molecule has 0 aromatic heterocycles. The van der Waals surface area contributed by atoms with E-state index >= 15 is 0 Å². The summed E-state index contributed by atoms with van der Waals surface area (Å²) in [5.74, 6) is 0.505. The Hall–Kier alpha value is -2.16. The number of nitrogens with zero attached hydrogens (tertiary/aromatic N) is 1. The van der Waals surface area contributed by atoms with Crippen LogP contribution in [0.1, 0.15) is 26.3 Å². The number of benzene rings is 2. The molecule has 6 nitrogen and oxygen atoms in total. The van der Waals surface area contributed by atoms with Crippen LogP contribution < -0.4 is 15.4 Å². The van der Waals surface area contributed by atoms with Crippen LogP contribution in [-0.4, -0.2) is 38.0 Å². The summed E-state index contributed by atoms with van der Waals surface area (Å²) in [6, 6.07) is 12.7. The van der Waals surface area contributed by atoms with Gasteiger partial charge in [0.2, 0.25) is 10.0 Å². The van der Waals surface area contributed by atoms with E-state index in [4.69, 9.17) is 17.0 Å². The molecule has 0 heterocycles. The van der Waals surface area contributed by atoms with Crippen molar-refractivity contribution in [3.05, 3.63) is 48.0 Å². The molecule has 0 unspecified atom stereocenters. The molecule has 2 aromatic rings. The van der Waals surface area contributed by atoms with Crippen LogP contribution in [0.2, 0.25) is 0 Å². The SMILES string of the molecule is CCc1cccc(NC(=S)Nc2cc(S(=O)(=O)N(CC)CC)ccc2OC)c1. The Morgan fingerprint density at radius 1 is 1.07 bits per heavy atom. The van der Waals surface area contributed by atoms with Crippen molar-refractivity contribution in [2.75, 3.05) is 30.8 Å². The number of hydrogen-bond donors (Lipinski definition) is 2. The summed E-state index contributed by atoms with van der Waals surface area (Å²) in [5, 5.41) is 6.52. The molecular weight excluding hydrogens is 394 g/mol. The Bertz CT molecular complexity index is 926. The van der Waals surface area contributed by atoms with E-state index in [2.05, 4.69) is 17.6 Å². The van der Waals surface area contributed by atoms with Crippen LogP contribution in [0.25, 0.3) is 0 Å². The van der Waals surface area contributed by atoms with Crippen molar-refractivity contribution >= 4 is 38.7 Å². The highest BCUT2D eigenvalue weighted by Crippen LogP contribution is 2.29. The van der Waals surface area contributed by atoms with E-state index in [-0.39, 0.29) is 4.90 Å². The Morgan fingerprint density at radius 3 is 2.39 bits per heavy atom. The van der Waals surface area contributed by atoms with E-state index < -0.39 is 10.0 Å². The molecule has 0 fully saturated rings. The van der Waals surface area contributed by atoms with Crippen molar-refractivity contribution < 1.29 is 13.2 Å². The molecule has 152 valence electrons. The van der Waals surface area contributed by atoms with Crippen LogP contribution in [0.15, 0.2) is 47.4 Å². The summed E-state index contributed by atoms with van der Waals surface area (Å²) in [6.07, 6.45) is 0.925. The molecule has 0 aliphatic rings. The number of hydrogen-bond acceptors (Lipinski definition) is 4. The second-order valence-electron chi connectivity index (χ2n) is 6.08. The number of anilines is 2.